The van der Waals surface area contributed by atoms with E-state index in [1.807, 2.05) is 49.4 Å². The number of ether oxygens (including phenoxy) is 1. The molecule has 2 N–H and O–H groups in total. The molecule has 0 bridgehead atoms. The highest BCUT2D eigenvalue weighted by atomic mass is 16.5. The van der Waals surface area contributed by atoms with Gasteiger partial charge in [0.25, 0.3) is 0 Å². The van der Waals surface area contributed by atoms with Crippen LogP contribution < -0.4 is 10.1 Å². The lowest BCUT2D eigenvalue weighted by atomic mass is 9.86. The molecule has 0 spiro atoms. The van der Waals surface area contributed by atoms with Crippen molar-refractivity contribution in [1.29, 1.82) is 0 Å². The summed E-state index contributed by atoms with van der Waals surface area (Å²) >= 11 is 0. The van der Waals surface area contributed by atoms with E-state index < -0.39 is 0 Å². The van der Waals surface area contributed by atoms with Crippen LogP contribution in [0.5, 0.6) is 5.75 Å². The molecule has 2 aromatic carbocycles. The number of H-pyrrole nitrogens is 1. The zero-order valence-electron chi connectivity index (χ0n) is 19.3. The standard InChI is InChI=1S/C26H21N7O3/c1-15-22-19(17-7-9-18(10-8-17)36-21(35)11-16-5-3-2-4-6-16)12-20(34)31-25(22)33(32-15)26-23-24(28-13-27-23)29-14-30-26/h2-10,13-14,19H,11-12H2,1H3,(H,31,34)(H,27,28,29,30). The van der Waals surface area contributed by atoms with Crippen LogP contribution in [0.2, 0.25) is 0 Å². The van der Waals surface area contributed by atoms with Crippen LogP contribution in [0, 0.1) is 6.92 Å². The lowest BCUT2D eigenvalue weighted by molar-refractivity contribution is -0.133. The largest absolute Gasteiger partial charge is 0.426 e. The van der Waals surface area contributed by atoms with Crippen molar-refractivity contribution in [3.8, 4) is 11.6 Å². The Morgan fingerprint density at radius 2 is 1.89 bits per heavy atom. The number of aromatic nitrogens is 6. The maximum absolute atomic E-state index is 12.7. The van der Waals surface area contributed by atoms with Gasteiger partial charge in [0.1, 0.15) is 23.4 Å². The molecule has 10 heteroatoms. The number of aryl methyl sites for hydroxylation is 1. The molecule has 5 aromatic rings. The number of rotatable bonds is 5. The number of fused-ring (bicyclic) bond motifs is 2. The summed E-state index contributed by atoms with van der Waals surface area (Å²) in [6.07, 6.45) is 3.43. The fourth-order valence-corrected chi connectivity index (χ4v) is 4.60. The average Bonchev–Trinajstić information content (AvgIpc) is 3.49. The van der Waals surface area contributed by atoms with Crippen LogP contribution in [0.25, 0.3) is 17.0 Å². The SMILES string of the molecule is Cc1nn(-c2ncnc3nc[nH]c23)c2c1C(c1ccc(OC(=O)Cc3ccccc3)cc1)CC(=O)N2. The number of amides is 1. The summed E-state index contributed by atoms with van der Waals surface area (Å²) in [5.74, 6) is 0.860. The minimum Gasteiger partial charge on any atom is -0.426 e. The van der Waals surface area contributed by atoms with E-state index in [1.54, 1.807) is 23.1 Å². The van der Waals surface area contributed by atoms with Gasteiger partial charge >= 0.3 is 5.97 Å². The highest BCUT2D eigenvalue weighted by Crippen LogP contribution is 2.40. The topological polar surface area (TPSA) is 128 Å². The summed E-state index contributed by atoms with van der Waals surface area (Å²) in [7, 11) is 0. The van der Waals surface area contributed by atoms with E-state index in [0.29, 0.717) is 28.5 Å². The van der Waals surface area contributed by atoms with Gasteiger partial charge in [-0.3, -0.25) is 9.59 Å². The van der Waals surface area contributed by atoms with Crippen molar-refractivity contribution in [2.45, 2.75) is 25.7 Å². The molecule has 0 aliphatic carbocycles. The summed E-state index contributed by atoms with van der Waals surface area (Å²) in [6.45, 7) is 1.91. The predicted octanol–water partition coefficient (Wildman–Crippen LogP) is 3.47. The Morgan fingerprint density at radius 1 is 1.08 bits per heavy atom. The Kier molecular flexibility index (Phi) is 5.25. The maximum Gasteiger partial charge on any atom is 0.315 e. The highest BCUT2D eigenvalue weighted by Gasteiger charge is 2.33. The molecule has 1 unspecified atom stereocenters. The zero-order chi connectivity index (χ0) is 24.6. The molecule has 36 heavy (non-hydrogen) atoms. The van der Waals surface area contributed by atoms with Crippen molar-refractivity contribution in [2.24, 2.45) is 0 Å². The Balaban J connectivity index is 1.29. The van der Waals surface area contributed by atoms with Crippen LogP contribution in [0.1, 0.15) is 34.7 Å². The van der Waals surface area contributed by atoms with E-state index in [2.05, 4.69) is 25.3 Å². The van der Waals surface area contributed by atoms with E-state index in [-0.39, 0.29) is 30.6 Å². The molecule has 0 saturated carbocycles. The van der Waals surface area contributed by atoms with Gasteiger partial charge in [-0.2, -0.15) is 9.78 Å². The normalized spacial score (nSPS) is 14.9. The second-order valence-corrected chi connectivity index (χ2v) is 8.57. The monoisotopic (exact) mass is 479 g/mol. The number of hydrogen-bond acceptors (Lipinski definition) is 7. The third kappa shape index (κ3) is 3.88. The Labute approximate surface area is 205 Å². The summed E-state index contributed by atoms with van der Waals surface area (Å²) in [6, 6.07) is 16.7. The number of nitrogens with zero attached hydrogens (tertiary/aromatic N) is 5. The van der Waals surface area contributed by atoms with Gasteiger partial charge < -0.3 is 15.0 Å². The minimum atomic E-state index is -0.333. The number of anilines is 1. The van der Waals surface area contributed by atoms with Crippen molar-refractivity contribution < 1.29 is 14.3 Å². The number of carbonyl (C=O) groups is 2. The fraction of sp³-hybridized carbons (Fsp3) is 0.154. The smallest absolute Gasteiger partial charge is 0.315 e. The van der Waals surface area contributed by atoms with Crippen molar-refractivity contribution in [3.63, 3.8) is 0 Å². The predicted molar refractivity (Wildman–Crippen MR) is 131 cm³/mol. The molecule has 0 radical (unpaired) electrons. The van der Waals surface area contributed by atoms with Crippen LogP contribution in [0.3, 0.4) is 0 Å². The number of hydrogen-bond donors (Lipinski definition) is 2. The molecule has 10 nitrogen and oxygen atoms in total. The summed E-state index contributed by atoms with van der Waals surface area (Å²) < 4.78 is 7.13. The fourth-order valence-electron chi connectivity index (χ4n) is 4.60. The summed E-state index contributed by atoms with van der Waals surface area (Å²) in [5, 5.41) is 7.66. The Bertz CT molecular complexity index is 1590. The van der Waals surface area contributed by atoms with Crippen LogP contribution in [0.15, 0.2) is 67.3 Å². The molecule has 0 saturated heterocycles. The molecule has 1 amide bonds. The van der Waals surface area contributed by atoms with Crippen LogP contribution in [0.4, 0.5) is 5.82 Å². The van der Waals surface area contributed by atoms with E-state index in [1.165, 1.54) is 6.33 Å². The van der Waals surface area contributed by atoms with Crippen molar-refractivity contribution in [1.82, 2.24) is 29.7 Å². The van der Waals surface area contributed by atoms with Gasteiger partial charge in [-0.1, -0.05) is 42.5 Å². The molecule has 3 aromatic heterocycles. The lowest BCUT2D eigenvalue weighted by Gasteiger charge is -2.24. The molecule has 1 aliphatic rings. The molecule has 4 heterocycles. The van der Waals surface area contributed by atoms with Gasteiger partial charge in [0.05, 0.1) is 18.4 Å². The highest BCUT2D eigenvalue weighted by molar-refractivity contribution is 5.95. The lowest BCUT2D eigenvalue weighted by Crippen LogP contribution is -2.25. The first kappa shape index (κ1) is 21.7. The average molecular weight is 480 g/mol. The number of benzene rings is 2. The van der Waals surface area contributed by atoms with Crippen molar-refractivity contribution in [2.75, 3.05) is 5.32 Å². The second kappa shape index (κ2) is 8.73. The third-order valence-corrected chi connectivity index (χ3v) is 6.21. The van der Waals surface area contributed by atoms with E-state index in [9.17, 15) is 9.59 Å². The first-order chi connectivity index (χ1) is 17.6. The number of carbonyl (C=O) groups excluding carboxylic acids is 2. The van der Waals surface area contributed by atoms with E-state index in [0.717, 1.165) is 22.4 Å². The molecule has 1 atom stereocenters. The maximum atomic E-state index is 12.7. The molecule has 0 fully saturated rings. The van der Waals surface area contributed by atoms with Crippen molar-refractivity contribution >= 4 is 28.9 Å². The van der Waals surface area contributed by atoms with Crippen LogP contribution in [-0.4, -0.2) is 41.6 Å². The summed E-state index contributed by atoms with van der Waals surface area (Å²) in [5.41, 5.74) is 4.64. The van der Waals surface area contributed by atoms with Crippen LogP contribution in [-0.2, 0) is 16.0 Å². The molecule has 6 rings (SSSR count). The van der Waals surface area contributed by atoms with Gasteiger partial charge in [-0.05, 0) is 30.2 Å². The molecular weight excluding hydrogens is 458 g/mol. The van der Waals surface area contributed by atoms with E-state index in [4.69, 9.17) is 9.84 Å². The van der Waals surface area contributed by atoms with Gasteiger partial charge in [0.15, 0.2) is 11.5 Å². The number of imidazole rings is 1. The van der Waals surface area contributed by atoms with Gasteiger partial charge in [-0.25, -0.2) is 15.0 Å². The van der Waals surface area contributed by atoms with Crippen molar-refractivity contribution in [3.05, 3.63) is 89.6 Å². The third-order valence-electron chi connectivity index (χ3n) is 6.21. The number of nitrogens with one attached hydrogen (secondary N) is 2. The quantitative estimate of drug-likeness (QED) is 0.292. The molecule has 178 valence electrons. The summed E-state index contributed by atoms with van der Waals surface area (Å²) in [4.78, 5) is 40.8. The van der Waals surface area contributed by atoms with E-state index >= 15 is 0 Å². The number of aromatic amines is 1. The van der Waals surface area contributed by atoms with Gasteiger partial charge in [0, 0.05) is 17.9 Å². The number of esters is 1. The van der Waals surface area contributed by atoms with Crippen LogP contribution >= 0.6 is 0 Å². The van der Waals surface area contributed by atoms with Gasteiger partial charge in [-0.15, -0.1) is 0 Å². The Hall–Kier alpha value is -4.86. The van der Waals surface area contributed by atoms with Gasteiger partial charge in [0.2, 0.25) is 5.91 Å². The molecular formula is C26H21N7O3. The minimum absolute atomic E-state index is 0.123. The Morgan fingerprint density at radius 3 is 2.69 bits per heavy atom. The first-order valence-electron chi connectivity index (χ1n) is 11.4. The first-order valence-corrected chi connectivity index (χ1v) is 11.4. The zero-order valence-corrected chi connectivity index (χ0v) is 19.3. The molecule has 1 aliphatic heterocycles. The second-order valence-electron chi connectivity index (χ2n) is 8.57.